The highest BCUT2D eigenvalue weighted by atomic mass is 35.6. The van der Waals surface area contributed by atoms with Crippen LogP contribution in [0.25, 0.3) is 0 Å². The minimum atomic E-state index is -3.84. The highest BCUT2D eigenvalue weighted by molar-refractivity contribution is 7.89. The average Bonchev–Trinajstić information content (AvgIpc) is 2.34. The van der Waals surface area contributed by atoms with Crippen molar-refractivity contribution in [3.63, 3.8) is 0 Å². The molecule has 0 aromatic heterocycles. The molecule has 1 rings (SSSR count). The van der Waals surface area contributed by atoms with Crippen LogP contribution in [0.3, 0.4) is 0 Å². The van der Waals surface area contributed by atoms with Gasteiger partial charge in [-0.05, 0) is 12.1 Å². The van der Waals surface area contributed by atoms with Crippen molar-refractivity contribution in [3.05, 3.63) is 43.0 Å². The Morgan fingerprint density at radius 2 is 1.89 bits per heavy atom. The lowest BCUT2D eigenvalue weighted by Crippen LogP contribution is -2.45. The normalized spacial score (nSPS) is 14.1. The van der Waals surface area contributed by atoms with E-state index >= 15 is 0 Å². The summed E-state index contributed by atoms with van der Waals surface area (Å²) in [5.74, 6) is 0. The van der Waals surface area contributed by atoms with E-state index in [2.05, 4.69) is 11.3 Å². The lowest BCUT2D eigenvalue weighted by molar-refractivity contribution is 0.0692. The molecule has 0 radical (unpaired) electrons. The molecule has 0 heterocycles. The first-order valence-corrected chi connectivity index (χ1v) is 7.75. The third-order valence-corrected chi connectivity index (χ3v) is 4.01. The van der Waals surface area contributed by atoms with E-state index in [1.807, 2.05) is 0 Å². The van der Waals surface area contributed by atoms with E-state index in [0.717, 1.165) is 0 Å². The number of alkyl halides is 3. The Bertz CT molecular complexity index is 514. The maximum absolute atomic E-state index is 12.1. The van der Waals surface area contributed by atoms with Gasteiger partial charge < -0.3 is 4.74 Å². The zero-order valence-corrected chi connectivity index (χ0v) is 12.8. The highest BCUT2D eigenvalue weighted by Crippen LogP contribution is 2.31. The minimum absolute atomic E-state index is 0.0376. The third kappa shape index (κ3) is 5.30. The summed E-state index contributed by atoms with van der Waals surface area (Å²) < 4.78 is 29.5. The van der Waals surface area contributed by atoms with Gasteiger partial charge in [-0.2, -0.15) is 4.72 Å². The quantitative estimate of drug-likeness (QED) is 0.490. The molecule has 0 saturated carbocycles. The molecular formula is C11H12Cl3NO3S. The van der Waals surface area contributed by atoms with E-state index < -0.39 is 20.0 Å². The van der Waals surface area contributed by atoms with E-state index in [-0.39, 0.29) is 11.5 Å². The van der Waals surface area contributed by atoms with Gasteiger partial charge in [-0.1, -0.05) is 59.1 Å². The van der Waals surface area contributed by atoms with Crippen LogP contribution in [0, 0.1) is 0 Å². The number of benzene rings is 1. The summed E-state index contributed by atoms with van der Waals surface area (Å²) in [7, 11) is -3.84. The second-order valence-electron chi connectivity index (χ2n) is 3.48. The first-order chi connectivity index (χ1) is 8.77. The number of ether oxygens (including phenoxy) is 1. The van der Waals surface area contributed by atoms with Gasteiger partial charge in [0.2, 0.25) is 13.8 Å². The molecule has 1 N–H and O–H groups in total. The van der Waals surface area contributed by atoms with Gasteiger partial charge in [0.1, 0.15) is 0 Å². The first-order valence-electron chi connectivity index (χ1n) is 5.14. The van der Waals surface area contributed by atoms with Crippen LogP contribution in [0.4, 0.5) is 0 Å². The molecule has 4 nitrogen and oxygen atoms in total. The summed E-state index contributed by atoms with van der Waals surface area (Å²) in [6.07, 6.45) is 0.0981. The monoisotopic (exact) mass is 343 g/mol. The Morgan fingerprint density at radius 3 is 2.37 bits per heavy atom. The summed E-state index contributed by atoms with van der Waals surface area (Å²) in [4.78, 5) is 0.0523. The largest absolute Gasteiger partial charge is 0.354 e. The number of sulfonamides is 1. The van der Waals surface area contributed by atoms with Crippen LogP contribution in [-0.2, 0) is 14.8 Å². The molecule has 0 saturated heterocycles. The summed E-state index contributed by atoms with van der Waals surface area (Å²) in [6, 6.07) is 7.71. The van der Waals surface area contributed by atoms with Crippen molar-refractivity contribution in [1.82, 2.24) is 4.72 Å². The standard InChI is InChI=1S/C11H12Cl3NO3S/c1-2-8-18-10(11(12,13)14)15-19(16,17)9-6-4-3-5-7-9/h2-7,10,15H,1,8H2. The fraction of sp³-hybridized carbons (Fsp3) is 0.273. The molecule has 0 aliphatic rings. The molecule has 1 atom stereocenters. The zero-order chi connectivity index (χ0) is 14.5. The average molecular weight is 345 g/mol. The zero-order valence-electron chi connectivity index (χ0n) is 9.72. The van der Waals surface area contributed by atoms with E-state index in [1.165, 1.54) is 18.2 Å². The predicted molar refractivity (Wildman–Crippen MR) is 77.0 cm³/mol. The van der Waals surface area contributed by atoms with Crippen molar-refractivity contribution in [2.24, 2.45) is 0 Å². The molecule has 1 unspecified atom stereocenters. The molecule has 0 spiro atoms. The smallest absolute Gasteiger partial charge is 0.242 e. The summed E-state index contributed by atoms with van der Waals surface area (Å²) in [5, 5.41) is 0. The number of hydrogen-bond donors (Lipinski definition) is 1. The van der Waals surface area contributed by atoms with Gasteiger partial charge in [0.15, 0.2) is 6.23 Å². The minimum Gasteiger partial charge on any atom is -0.354 e. The number of halogens is 3. The van der Waals surface area contributed by atoms with Crippen LogP contribution in [0.5, 0.6) is 0 Å². The second-order valence-corrected chi connectivity index (χ2v) is 7.56. The SMILES string of the molecule is C=CCOC(NS(=O)(=O)c1ccccc1)C(Cl)(Cl)Cl. The predicted octanol–water partition coefficient (Wildman–Crippen LogP) is 2.86. The van der Waals surface area contributed by atoms with Crippen molar-refractivity contribution in [2.45, 2.75) is 14.9 Å². The van der Waals surface area contributed by atoms with Crippen LogP contribution >= 0.6 is 34.8 Å². The summed E-state index contributed by atoms with van der Waals surface area (Å²) in [6.45, 7) is 3.48. The van der Waals surface area contributed by atoms with Crippen molar-refractivity contribution in [3.8, 4) is 0 Å². The molecule has 0 bridgehead atoms. The molecule has 106 valence electrons. The molecule has 8 heteroatoms. The number of rotatable bonds is 6. The fourth-order valence-electron chi connectivity index (χ4n) is 1.17. The van der Waals surface area contributed by atoms with E-state index in [1.54, 1.807) is 18.2 Å². The number of nitrogens with one attached hydrogen (secondary N) is 1. The van der Waals surface area contributed by atoms with Gasteiger partial charge in [0.25, 0.3) is 0 Å². The van der Waals surface area contributed by atoms with E-state index in [9.17, 15) is 8.42 Å². The van der Waals surface area contributed by atoms with Crippen molar-refractivity contribution >= 4 is 44.8 Å². The first kappa shape index (κ1) is 16.8. The van der Waals surface area contributed by atoms with E-state index in [4.69, 9.17) is 39.5 Å². The van der Waals surface area contributed by atoms with Gasteiger partial charge in [-0.25, -0.2) is 8.42 Å². The van der Waals surface area contributed by atoms with Gasteiger partial charge >= 0.3 is 0 Å². The van der Waals surface area contributed by atoms with Gasteiger partial charge in [-0.3, -0.25) is 0 Å². The molecule has 1 aromatic carbocycles. The lowest BCUT2D eigenvalue weighted by atomic mass is 10.4. The fourth-order valence-corrected chi connectivity index (χ4v) is 2.89. The highest BCUT2D eigenvalue weighted by Gasteiger charge is 2.36. The van der Waals surface area contributed by atoms with Gasteiger partial charge in [0.05, 0.1) is 11.5 Å². The molecule has 0 aliphatic carbocycles. The van der Waals surface area contributed by atoms with Crippen LogP contribution in [0.15, 0.2) is 47.9 Å². The second kappa shape index (κ2) is 6.92. The van der Waals surface area contributed by atoms with Crippen LogP contribution in [-0.4, -0.2) is 25.0 Å². The maximum Gasteiger partial charge on any atom is 0.242 e. The van der Waals surface area contributed by atoms with Crippen molar-refractivity contribution < 1.29 is 13.2 Å². The van der Waals surface area contributed by atoms with Crippen molar-refractivity contribution in [1.29, 1.82) is 0 Å². The topological polar surface area (TPSA) is 55.4 Å². The van der Waals surface area contributed by atoms with Gasteiger partial charge in [0, 0.05) is 0 Å². The Labute approximate surface area is 127 Å². The Kier molecular flexibility index (Phi) is 6.11. The van der Waals surface area contributed by atoms with Crippen LogP contribution < -0.4 is 4.72 Å². The molecular weight excluding hydrogens is 333 g/mol. The van der Waals surface area contributed by atoms with Crippen LogP contribution in [0.1, 0.15) is 0 Å². The summed E-state index contributed by atoms with van der Waals surface area (Å²) >= 11 is 17.0. The molecule has 1 aromatic rings. The molecule has 19 heavy (non-hydrogen) atoms. The Hall–Kier alpha value is -0.300. The van der Waals surface area contributed by atoms with Crippen molar-refractivity contribution in [2.75, 3.05) is 6.61 Å². The molecule has 0 fully saturated rings. The maximum atomic E-state index is 12.1. The van der Waals surface area contributed by atoms with Gasteiger partial charge in [-0.15, -0.1) is 6.58 Å². The van der Waals surface area contributed by atoms with E-state index in [0.29, 0.717) is 0 Å². The summed E-state index contributed by atoms with van der Waals surface area (Å²) in [5.41, 5.74) is 0. The Morgan fingerprint density at radius 1 is 1.32 bits per heavy atom. The third-order valence-electron chi connectivity index (χ3n) is 1.99. The Balaban J connectivity index is 2.93. The lowest BCUT2D eigenvalue weighted by Gasteiger charge is -2.24. The number of hydrogen-bond acceptors (Lipinski definition) is 3. The molecule has 0 amide bonds. The van der Waals surface area contributed by atoms with Crippen LogP contribution in [0.2, 0.25) is 0 Å². The molecule has 0 aliphatic heterocycles.